The molecule has 9 nitrogen and oxygen atoms in total. The third-order valence-electron chi connectivity index (χ3n) is 3.12. The van der Waals surface area contributed by atoms with E-state index in [1.54, 1.807) is 4.90 Å². The van der Waals surface area contributed by atoms with Crippen molar-refractivity contribution in [3.63, 3.8) is 0 Å². The van der Waals surface area contributed by atoms with E-state index >= 15 is 0 Å². The van der Waals surface area contributed by atoms with E-state index in [1.165, 1.54) is 6.20 Å². The maximum Gasteiger partial charge on any atom is 0.329 e. The van der Waals surface area contributed by atoms with Crippen molar-refractivity contribution in [1.29, 1.82) is 0 Å². The number of aromatic nitrogens is 2. The predicted molar refractivity (Wildman–Crippen MR) is 76.5 cm³/mol. The van der Waals surface area contributed by atoms with Gasteiger partial charge in [-0.25, -0.2) is 4.98 Å². The Labute approximate surface area is 122 Å². The lowest BCUT2D eigenvalue weighted by atomic mass is 10.2. The number of morpholine rings is 1. The first-order valence-corrected chi connectivity index (χ1v) is 6.88. The third-order valence-corrected chi connectivity index (χ3v) is 3.12. The Kier molecular flexibility index (Phi) is 5.23. The average molecular weight is 297 g/mol. The average Bonchev–Trinajstić information content (AvgIpc) is 2.52. The van der Waals surface area contributed by atoms with E-state index in [0.717, 1.165) is 6.42 Å². The smallest absolute Gasteiger partial charge is 0.329 e. The zero-order valence-corrected chi connectivity index (χ0v) is 11.9. The molecule has 1 fully saturated rings. The fraction of sp³-hybridized carbons (Fsp3) is 0.667. The van der Waals surface area contributed by atoms with E-state index in [4.69, 9.17) is 4.74 Å². The molecule has 1 unspecified atom stereocenters. The second-order valence-corrected chi connectivity index (χ2v) is 4.71. The van der Waals surface area contributed by atoms with E-state index in [1.807, 2.05) is 6.92 Å². The highest BCUT2D eigenvalue weighted by Crippen LogP contribution is 2.27. The molecule has 2 N–H and O–H groups in total. The van der Waals surface area contributed by atoms with Gasteiger partial charge >= 0.3 is 5.69 Å². The van der Waals surface area contributed by atoms with E-state index in [9.17, 15) is 15.2 Å². The number of rotatable bonds is 6. The van der Waals surface area contributed by atoms with Crippen molar-refractivity contribution in [3.05, 3.63) is 16.3 Å². The molecule has 0 spiro atoms. The van der Waals surface area contributed by atoms with Gasteiger partial charge in [-0.15, -0.1) is 0 Å². The largest absolute Gasteiger partial charge is 0.394 e. The predicted octanol–water partition coefficient (Wildman–Crippen LogP) is 0.404. The van der Waals surface area contributed by atoms with Gasteiger partial charge in [0.1, 0.15) is 6.20 Å². The molecule has 2 rings (SSSR count). The second-order valence-electron chi connectivity index (χ2n) is 4.71. The number of ether oxygens (including phenoxy) is 1. The summed E-state index contributed by atoms with van der Waals surface area (Å²) in [6.45, 7) is 3.82. The molecular formula is C12H19N5O4. The van der Waals surface area contributed by atoms with Crippen LogP contribution >= 0.6 is 0 Å². The van der Waals surface area contributed by atoms with E-state index in [0.29, 0.717) is 32.2 Å². The van der Waals surface area contributed by atoms with Crippen molar-refractivity contribution >= 4 is 17.5 Å². The normalized spacial score (nSPS) is 18.6. The van der Waals surface area contributed by atoms with Crippen LogP contribution in [0.5, 0.6) is 0 Å². The topological polar surface area (TPSA) is 114 Å². The number of nitrogens with one attached hydrogen (secondary N) is 1. The fourth-order valence-electron chi connectivity index (χ4n) is 2.07. The highest BCUT2D eigenvalue weighted by atomic mass is 16.6. The summed E-state index contributed by atoms with van der Waals surface area (Å²) in [5, 5.41) is 23.3. The van der Waals surface area contributed by atoms with Crippen LogP contribution in [0.3, 0.4) is 0 Å². The van der Waals surface area contributed by atoms with Gasteiger partial charge in [-0.1, -0.05) is 6.92 Å². The molecule has 116 valence electrons. The molecule has 1 aliphatic rings. The lowest BCUT2D eigenvalue weighted by molar-refractivity contribution is -0.384. The van der Waals surface area contributed by atoms with Crippen LogP contribution in [0.1, 0.15) is 13.3 Å². The Bertz CT molecular complexity index is 499. The highest BCUT2D eigenvalue weighted by Gasteiger charge is 2.27. The van der Waals surface area contributed by atoms with Gasteiger partial charge in [0.25, 0.3) is 0 Å². The summed E-state index contributed by atoms with van der Waals surface area (Å²) in [6, 6.07) is 0. The van der Waals surface area contributed by atoms with Crippen LogP contribution in [0.2, 0.25) is 0 Å². The molecular weight excluding hydrogens is 278 g/mol. The Morgan fingerprint density at radius 3 is 3.14 bits per heavy atom. The summed E-state index contributed by atoms with van der Waals surface area (Å²) in [6.07, 6.45) is 1.75. The van der Waals surface area contributed by atoms with Crippen molar-refractivity contribution < 1.29 is 14.8 Å². The summed E-state index contributed by atoms with van der Waals surface area (Å²) in [5.74, 6) is 0.625. The molecule has 1 aromatic rings. The van der Waals surface area contributed by atoms with Crippen LogP contribution < -0.4 is 10.2 Å². The number of aliphatic hydroxyl groups is 1. The number of nitro groups is 1. The summed E-state index contributed by atoms with van der Waals surface area (Å²) < 4.78 is 5.35. The minimum absolute atomic E-state index is 0.129. The molecule has 1 saturated heterocycles. The summed E-state index contributed by atoms with van der Waals surface area (Å²) in [7, 11) is 0. The molecule has 1 atom stereocenters. The quantitative estimate of drug-likeness (QED) is 0.573. The van der Waals surface area contributed by atoms with Crippen molar-refractivity contribution in [2.75, 3.05) is 43.1 Å². The summed E-state index contributed by atoms with van der Waals surface area (Å²) in [4.78, 5) is 20.6. The Morgan fingerprint density at radius 2 is 2.48 bits per heavy atom. The van der Waals surface area contributed by atoms with Crippen LogP contribution in [0.15, 0.2) is 6.20 Å². The van der Waals surface area contributed by atoms with Crippen LogP contribution in [0, 0.1) is 10.1 Å². The van der Waals surface area contributed by atoms with E-state index < -0.39 is 4.92 Å². The first-order valence-electron chi connectivity index (χ1n) is 6.88. The standard InChI is InChI=1S/C12H19N5O4/c1-2-3-13-12-14-6-10(17(19)20)11(15-12)16-4-5-21-9(7-16)8-18/h6,9,18H,2-5,7-8H2,1H3,(H,13,14,15). The molecule has 0 bridgehead atoms. The van der Waals surface area contributed by atoms with Gasteiger partial charge in [0.15, 0.2) is 0 Å². The lowest BCUT2D eigenvalue weighted by Gasteiger charge is -2.32. The summed E-state index contributed by atoms with van der Waals surface area (Å²) >= 11 is 0. The third kappa shape index (κ3) is 3.76. The molecule has 21 heavy (non-hydrogen) atoms. The fourth-order valence-corrected chi connectivity index (χ4v) is 2.07. The zero-order chi connectivity index (χ0) is 15.2. The van der Waals surface area contributed by atoms with Crippen LogP contribution in [-0.2, 0) is 4.74 Å². The van der Waals surface area contributed by atoms with Crippen LogP contribution in [-0.4, -0.2) is 58.9 Å². The number of hydrogen-bond acceptors (Lipinski definition) is 8. The SMILES string of the molecule is CCCNc1ncc([N+](=O)[O-])c(N2CCOC(CO)C2)n1. The highest BCUT2D eigenvalue weighted by molar-refractivity contribution is 5.59. The van der Waals surface area contributed by atoms with Gasteiger partial charge in [0.2, 0.25) is 11.8 Å². The van der Waals surface area contributed by atoms with Gasteiger partial charge in [-0.2, -0.15) is 4.98 Å². The molecule has 0 radical (unpaired) electrons. The summed E-state index contributed by atoms with van der Waals surface area (Å²) in [5.41, 5.74) is -0.143. The van der Waals surface area contributed by atoms with E-state index in [-0.39, 0.29) is 24.2 Å². The van der Waals surface area contributed by atoms with Crippen molar-refractivity contribution in [2.45, 2.75) is 19.4 Å². The van der Waals surface area contributed by atoms with Crippen molar-refractivity contribution in [1.82, 2.24) is 9.97 Å². The molecule has 0 amide bonds. The lowest BCUT2D eigenvalue weighted by Crippen LogP contribution is -2.44. The molecule has 9 heteroatoms. The van der Waals surface area contributed by atoms with Gasteiger partial charge in [0.05, 0.1) is 24.2 Å². The Hall–Kier alpha value is -2.00. The van der Waals surface area contributed by atoms with Crippen LogP contribution in [0.4, 0.5) is 17.5 Å². The minimum atomic E-state index is -0.498. The number of hydrogen-bond donors (Lipinski definition) is 2. The molecule has 0 saturated carbocycles. The minimum Gasteiger partial charge on any atom is -0.394 e. The van der Waals surface area contributed by atoms with Gasteiger partial charge in [-0.05, 0) is 6.42 Å². The molecule has 1 aliphatic heterocycles. The number of anilines is 2. The monoisotopic (exact) mass is 297 g/mol. The van der Waals surface area contributed by atoms with Crippen LogP contribution in [0.25, 0.3) is 0 Å². The Morgan fingerprint density at radius 1 is 1.67 bits per heavy atom. The first-order chi connectivity index (χ1) is 10.2. The Balaban J connectivity index is 2.27. The maximum absolute atomic E-state index is 11.1. The zero-order valence-electron chi connectivity index (χ0n) is 11.9. The molecule has 0 aliphatic carbocycles. The molecule has 2 heterocycles. The van der Waals surface area contributed by atoms with Gasteiger partial charge in [0, 0.05) is 19.6 Å². The first kappa shape index (κ1) is 15.4. The maximum atomic E-state index is 11.1. The van der Waals surface area contributed by atoms with Gasteiger partial charge in [-0.3, -0.25) is 10.1 Å². The van der Waals surface area contributed by atoms with Gasteiger partial charge < -0.3 is 20.1 Å². The second kappa shape index (κ2) is 7.14. The number of aliphatic hydroxyl groups excluding tert-OH is 1. The molecule has 0 aromatic carbocycles. The number of nitrogens with zero attached hydrogens (tertiary/aromatic N) is 4. The van der Waals surface area contributed by atoms with Crippen molar-refractivity contribution in [2.24, 2.45) is 0 Å². The van der Waals surface area contributed by atoms with Crippen molar-refractivity contribution in [3.8, 4) is 0 Å². The molecule has 1 aromatic heterocycles. The van der Waals surface area contributed by atoms with E-state index in [2.05, 4.69) is 15.3 Å².